The van der Waals surface area contributed by atoms with Crippen molar-refractivity contribution in [3.05, 3.63) is 0 Å². The van der Waals surface area contributed by atoms with Crippen LogP contribution in [-0.2, 0) is 9.53 Å². The molecule has 1 atom stereocenters. The molecule has 2 N–H and O–H groups in total. The van der Waals surface area contributed by atoms with E-state index < -0.39 is 11.7 Å². The van der Waals surface area contributed by atoms with Gasteiger partial charge in [0.2, 0.25) is 5.91 Å². The van der Waals surface area contributed by atoms with Gasteiger partial charge in [0, 0.05) is 18.5 Å². The smallest absolute Gasteiger partial charge is 0.407 e. The Labute approximate surface area is 121 Å². The van der Waals surface area contributed by atoms with Crippen molar-refractivity contribution in [2.75, 3.05) is 6.54 Å². The summed E-state index contributed by atoms with van der Waals surface area (Å²) in [6.45, 7) is 10.1. The number of hydrogen-bond donors (Lipinski definition) is 2. The van der Waals surface area contributed by atoms with Gasteiger partial charge in [-0.2, -0.15) is 0 Å². The van der Waals surface area contributed by atoms with Gasteiger partial charge < -0.3 is 15.4 Å². The van der Waals surface area contributed by atoms with E-state index in [1.54, 1.807) is 0 Å². The predicted octanol–water partition coefficient (Wildman–Crippen LogP) is 2.45. The van der Waals surface area contributed by atoms with Crippen LogP contribution in [0.2, 0.25) is 0 Å². The Morgan fingerprint density at radius 2 is 1.85 bits per heavy atom. The van der Waals surface area contributed by atoms with Gasteiger partial charge in [-0.05, 0) is 46.0 Å². The van der Waals surface area contributed by atoms with Crippen molar-refractivity contribution in [2.45, 2.75) is 65.5 Å². The molecule has 0 saturated heterocycles. The van der Waals surface area contributed by atoms with Crippen LogP contribution < -0.4 is 10.6 Å². The maximum atomic E-state index is 11.8. The largest absolute Gasteiger partial charge is 0.444 e. The molecular weight excluding hydrogens is 256 g/mol. The molecule has 2 amide bonds. The molecular formula is C15H28N2O3. The highest BCUT2D eigenvalue weighted by atomic mass is 16.6. The minimum Gasteiger partial charge on any atom is -0.444 e. The van der Waals surface area contributed by atoms with Crippen molar-refractivity contribution in [1.29, 1.82) is 0 Å². The summed E-state index contributed by atoms with van der Waals surface area (Å²) in [5, 5.41) is 5.75. The van der Waals surface area contributed by atoms with Crippen molar-refractivity contribution < 1.29 is 14.3 Å². The van der Waals surface area contributed by atoms with Crippen LogP contribution in [0.25, 0.3) is 0 Å². The normalized spacial score (nSPS) is 16.7. The number of amides is 2. The SMILES string of the molecule is CC(C)C[C@@H](CNC(=O)OC(C)(C)C)NC(=O)C1CC1. The van der Waals surface area contributed by atoms with Gasteiger partial charge in [0.25, 0.3) is 0 Å². The van der Waals surface area contributed by atoms with Gasteiger partial charge in [-0.25, -0.2) is 4.79 Å². The van der Waals surface area contributed by atoms with Crippen molar-refractivity contribution in [3.8, 4) is 0 Å². The summed E-state index contributed by atoms with van der Waals surface area (Å²) in [6.07, 6.45) is 2.38. The van der Waals surface area contributed by atoms with Crippen molar-refractivity contribution in [1.82, 2.24) is 10.6 Å². The number of hydrogen-bond acceptors (Lipinski definition) is 3. The average molecular weight is 284 g/mol. The standard InChI is InChI=1S/C15H28N2O3/c1-10(2)8-12(17-13(18)11-6-7-11)9-16-14(19)20-15(3,4)5/h10-12H,6-9H2,1-5H3,(H,16,19)(H,17,18)/t12-/m0/s1. The third-order valence-electron chi connectivity index (χ3n) is 2.94. The van der Waals surface area contributed by atoms with Crippen LogP contribution in [0.5, 0.6) is 0 Å². The Balaban J connectivity index is 2.39. The molecule has 0 aromatic heterocycles. The molecule has 1 fully saturated rings. The van der Waals surface area contributed by atoms with E-state index in [-0.39, 0.29) is 17.9 Å². The molecule has 0 radical (unpaired) electrons. The fraction of sp³-hybridized carbons (Fsp3) is 0.867. The molecule has 5 heteroatoms. The van der Waals surface area contributed by atoms with E-state index in [1.807, 2.05) is 20.8 Å². The highest BCUT2D eigenvalue weighted by Gasteiger charge is 2.31. The van der Waals surface area contributed by atoms with E-state index in [2.05, 4.69) is 24.5 Å². The summed E-state index contributed by atoms with van der Waals surface area (Å²) in [4.78, 5) is 23.5. The molecule has 1 aliphatic rings. The molecule has 0 unspecified atom stereocenters. The van der Waals surface area contributed by atoms with Gasteiger partial charge in [0.15, 0.2) is 0 Å². The lowest BCUT2D eigenvalue weighted by molar-refractivity contribution is -0.123. The van der Waals surface area contributed by atoms with E-state index in [0.717, 1.165) is 19.3 Å². The molecule has 0 bridgehead atoms. The minimum atomic E-state index is -0.505. The molecule has 1 aliphatic carbocycles. The lowest BCUT2D eigenvalue weighted by Crippen LogP contribution is -2.46. The Morgan fingerprint density at radius 3 is 2.30 bits per heavy atom. The van der Waals surface area contributed by atoms with E-state index in [0.29, 0.717) is 12.5 Å². The first-order valence-electron chi connectivity index (χ1n) is 7.44. The summed E-state index contributed by atoms with van der Waals surface area (Å²) in [5.41, 5.74) is -0.505. The molecule has 0 heterocycles. The topological polar surface area (TPSA) is 67.4 Å². The maximum Gasteiger partial charge on any atom is 0.407 e. The summed E-state index contributed by atoms with van der Waals surface area (Å²) in [5.74, 6) is 0.757. The monoisotopic (exact) mass is 284 g/mol. The second kappa shape index (κ2) is 6.95. The lowest BCUT2D eigenvalue weighted by Gasteiger charge is -2.23. The fourth-order valence-corrected chi connectivity index (χ4v) is 1.95. The molecule has 0 aromatic rings. The highest BCUT2D eigenvalue weighted by molar-refractivity contribution is 5.81. The number of ether oxygens (including phenoxy) is 1. The van der Waals surface area contributed by atoms with Crippen LogP contribution in [0.15, 0.2) is 0 Å². The van der Waals surface area contributed by atoms with Gasteiger partial charge >= 0.3 is 6.09 Å². The van der Waals surface area contributed by atoms with Crippen molar-refractivity contribution in [3.63, 3.8) is 0 Å². The van der Waals surface area contributed by atoms with Crippen molar-refractivity contribution >= 4 is 12.0 Å². The molecule has 116 valence electrons. The fourth-order valence-electron chi connectivity index (χ4n) is 1.95. The number of nitrogens with one attached hydrogen (secondary N) is 2. The second-order valence-electron chi connectivity index (χ2n) is 6.99. The van der Waals surface area contributed by atoms with Crippen LogP contribution >= 0.6 is 0 Å². The van der Waals surface area contributed by atoms with E-state index >= 15 is 0 Å². The van der Waals surface area contributed by atoms with Crippen molar-refractivity contribution in [2.24, 2.45) is 11.8 Å². The molecule has 1 saturated carbocycles. The number of carbonyl (C=O) groups is 2. The Hall–Kier alpha value is -1.26. The summed E-state index contributed by atoms with van der Waals surface area (Å²) in [7, 11) is 0. The molecule has 0 aromatic carbocycles. The maximum absolute atomic E-state index is 11.8. The van der Waals surface area contributed by atoms with Gasteiger partial charge in [0.1, 0.15) is 5.60 Å². The van der Waals surface area contributed by atoms with Gasteiger partial charge in [0.05, 0.1) is 0 Å². The second-order valence-corrected chi connectivity index (χ2v) is 6.99. The van der Waals surface area contributed by atoms with Gasteiger partial charge in [-0.3, -0.25) is 4.79 Å². The first-order chi connectivity index (χ1) is 9.17. The molecule has 0 spiro atoms. The zero-order chi connectivity index (χ0) is 15.3. The third-order valence-corrected chi connectivity index (χ3v) is 2.94. The molecule has 1 rings (SSSR count). The summed E-state index contributed by atoms with van der Waals surface area (Å²) < 4.78 is 5.20. The highest BCUT2D eigenvalue weighted by Crippen LogP contribution is 2.29. The predicted molar refractivity (Wildman–Crippen MR) is 78.3 cm³/mol. The minimum absolute atomic E-state index is 0.0318. The van der Waals surface area contributed by atoms with E-state index in [4.69, 9.17) is 4.74 Å². The lowest BCUT2D eigenvalue weighted by atomic mass is 10.0. The van der Waals surface area contributed by atoms with Gasteiger partial charge in [-0.15, -0.1) is 0 Å². The van der Waals surface area contributed by atoms with Crippen LogP contribution in [0, 0.1) is 11.8 Å². The Bertz CT molecular complexity index is 344. The zero-order valence-corrected chi connectivity index (χ0v) is 13.3. The third kappa shape index (κ3) is 7.36. The number of carbonyl (C=O) groups excluding carboxylic acids is 2. The van der Waals surface area contributed by atoms with E-state index in [1.165, 1.54) is 0 Å². The Morgan fingerprint density at radius 1 is 1.25 bits per heavy atom. The van der Waals surface area contributed by atoms with Crippen LogP contribution in [0.1, 0.15) is 53.9 Å². The van der Waals surface area contributed by atoms with E-state index in [9.17, 15) is 9.59 Å². The van der Waals surface area contributed by atoms with Gasteiger partial charge in [-0.1, -0.05) is 13.8 Å². The number of alkyl carbamates (subject to hydrolysis) is 1. The first kappa shape index (κ1) is 16.8. The molecule has 5 nitrogen and oxygen atoms in total. The molecule has 20 heavy (non-hydrogen) atoms. The average Bonchev–Trinajstić information content (AvgIpc) is 3.06. The first-order valence-corrected chi connectivity index (χ1v) is 7.44. The summed E-state index contributed by atoms with van der Waals surface area (Å²) in [6, 6.07) is -0.0318. The Kier molecular flexibility index (Phi) is 5.84. The van der Waals surface area contributed by atoms with Crippen LogP contribution in [0.3, 0.4) is 0 Å². The van der Waals surface area contributed by atoms with Crippen LogP contribution in [0.4, 0.5) is 4.79 Å². The molecule has 0 aliphatic heterocycles. The quantitative estimate of drug-likeness (QED) is 0.787. The summed E-state index contributed by atoms with van der Waals surface area (Å²) >= 11 is 0. The number of rotatable bonds is 6. The zero-order valence-electron chi connectivity index (χ0n) is 13.3. The van der Waals surface area contributed by atoms with Crippen LogP contribution in [-0.4, -0.2) is 30.2 Å².